The third-order valence-corrected chi connectivity index (χ3v) is 2.09. The summed E-state index contributed by atoms with van der Waals surface area (Å²) < 4.78 is 4.50. The number of rotatable bonds is 6. The van der Waals surface area contributed by atoms with E-state index >= 15 is 0 Å². The molecule has 0 spiro atoms. The van der Waals surface area contributed by atoms with Gasteiger partial charge >= 0.3 is 11.9 Å². The molecule has 1 aromatic rings. The fourth-order valence-electron chi connectivity index (χ4n) is 1.31. The molecule has 1 unspecified atom stereocenters. The third-order valence-electron chi connectivity index (χ3n) is 2.09. The molecule has 1 aromatic carbocycles. The highest BCUT2D eigenvalue weighted by Gasteiger charge is 2.37. The van der Waals surface area contributed by atoms with Crippen molar-refractivity contribution < 1.29 is 19.2 Å². The van der Waals surface area contributed by atoms with E-state index in [0.29, 0.717) is 5.69 Å². The number of hydrogen-bond donors (Lipinski definition) is 1. The summed E-state index contributed by atoms with van der Waals surface area (Å²) in [6.07, 6.45) is 0. The molecule has 18 heavy (non-hydrogen) atoms. The van der Waals surface area contributed by atoms with Gasteiger partial charge in [0, 0.05) is 17.7 Å². The maximum absolute atomic E-state index is 11.6. The van der Waals surface area contributed by atoms with Gasteiger partial charge in [0.15, 0.2) is 0 Å². The van der Waals surface area contributed by atoms with Gasteiger partial charge in [-0.15, -0.1) is 0 Å². The monoisotopic (exact) mass is 252 g/mol. The van der Waals surface area contributed by atoms with Gasteiger partial charge in [0.1, 0.15) is 6.61 Å². The number of carbonyl (C=O) groups is 2. The first-order chi connectivity index (χ1) is 8.56. The van der Waals surface area contributed by atoms with Crippen LogP contribution in [0.25, 0.3) is 0 Å². The van der Waals surface area contributed by atoms with Crippen LogP contribution in [0.5, 0.6) is 0 Å². The van der Waals surface area contributed by atoms with Crippen LogP contribution in [0.2, 0.25) is 0 Å². The molecule has 0 aromatic heterocycles. The number of nitro groups is 1. The molecule has 1 atom stereocenters. The number of nitrogens with one attached hydrogen (secondary N) is 1. The van der Waals surface area contributed by atoms with E-state index in [-0.39, 0.29) is 0 Å². The zero-order valence-electron chi connectivity index (χ0n) is 9.66. The summed E-state index contributed by atoms with van der Waals surface area (Å²) in [6, 6.07) is 6.23. The predicted molar refractivity (Wildman–Crippen MR) is 62.7 cm³/mol. The van der Waals surface area contributed by atoms with Crippen LogP contribution in [-0.2, 0) is 14.3 Å². The number of anilines is 1. The highest BCUT2D eigenvalue weighted by Crippen LogP contribution is 2.07. The van der Waals surface area contributed by atoms with Crippen LogP contribution >= 0.6 is 0 Å². The van der Waals surface area contributed by atoms with Crippen molar-refractivity contribution in [3.05, 3.63) is 40.4 Å². The van der Waals surface area contributed by atoms with Crippen LogP contribution in [0.3, 0.4) is 0 Å². The van der Waals surface area contributed by atoms with E-state index in [2.05, 4.69) is 10.1 Å². The molecule has 0 fully saturated rings. The number of methoxy groups -OCH3 is 1. The van der Waals surface area contributed by atoms with Gasteiger partial charge in [-0.05, 0) is 12.1 Å². The summed E-state index contributed by atoms with van der Waals surface area (Å²) in [7, 11) is 1.23. The minimum absolute atomic E-state index is 0.388. The molecule has 0 radical (unpaired) electrons. The van der Waals surface area contributed by atoms with Crippen LogP contribution in [0, 0.1) is 10.1 Å². The first-order valence-corrected chi connectivity index (χ1v) is 5.07. The van der Waals surface area contributed by atoms with Crippen molar-refractivity contribution in [1.29, 1.82) is 0 Å². The van der Waals surface area contributed by atoms with Gasteiger partial charge in [0.05, 0.1) is 0 Å². The Morgan fingerprint density at radius 1 is 1.39 bits per heavy atom. The number of ketones is 1. The average Bonchev–Trinajstić information content (AvgIpc) is 2.30. The second-order valence-electron chi connectivity index (χ2n) is 3.44. The van der Waals surface area contributed by atoms with E-state index in [4.69, 9.17) is 0 Å². The van der Waals surface area contributed by atoms with Gasteiger partial charge in [-0.25, -0.2) is 0 Å². The van der Waals surface area contributed by atoms with Gasteiger partial charge in [-0.3, -0.25) is 19.7 Å². The summed E-state index contributed by atoms with van der Waals surface area (Å²) in [4.78, 5) is 32.8. The summed E-state index contributed by atoms with van der Waals surface area (Å²) in [6.45, 7) is -0.478. The summed E-state index contributed by atoms with van der Waals surface area (Å²) >= 11 is 0. The van der Waals surface area contributed by atoms with Gasteiger partial charge in [0.25, 0.3) is 0 Å². The standard InChI is InChI=1S/C11H12N2O5/c1-18-7-9(14)10(13(16)17)11(15)12-8-5-3-2-4-6-8/h2-6,10H,7H2,1H3,(H,12,15). The molecule has 1 rings (SSSR count). The first-order valence-electron chi connectivity index (χ1n) is 5.07. The van der Waals surface area contributed by atoms with Crippen molar-refractivity contribution in [3.63, 3.8) is 0 Å². The number of ether oxygens (including phenoxy) is 1. The second-order valence-corrected chi connectivity index (χ2v) is 3.44. The Labute approximate surface area is 103 Å². The SMILES string of the molecule is COCC(=O)C(C(=O)Nc1ccccc1)[N+](=O)[O-]. The summed E-state index contributed by atoms with van der Waals surface area (Å²) in [5.41, 5.74) is 0.388. The molecule has 1 N–H and O–H groups in total. The predicted octanol–water partition coefficient (Wildman–Crippen LogP) is 0.486. The zero-order chi connectivity index (χ0) is 13.5. The van der Waals surface area contributed by atoms with E-state index < -0.39 is 29.3 Å². The number of benzene rings is 1. The number of amides is 1. The maximum atomic E-state index is 11.6. The van der Waals surface area contributed by atoms with Crippen molar-refractivity contribution in [2.75, 3.05) is 19.0 Å². The van der Waals surface area contributed by atoms with Crippen molar-refractivity contribution >= 4 is 17.4 Å². The molecule has 7 nitrogen and oxygen atoms in total. The van der Waals surface area contributed by atoms with Gasteiger partial charge in [-0.1, -0.05) is 18.2 Å². The molecular weight excluding hydrogens is 240 g/mol. The topological polar surface area (TPSA) is 98.5 Å². The van der Waals surface area contributed by atoms with E-state index in [9.17, 15) is 19.7 Å². The Kier molecular flexibility index (Phi) is 4.94. The quantitative estimate of drug-likeness (QED) is 0.451. The second kappa shape index (κ2) is 6.45. The number of Topliss-reactive ketones (excluding diaryl/α,β-unsaturated/α-hetero) is 1. The molecule has 0 heterocycles. The highest BCUT2D eigenvalue weighted by molar-refractivity contribution is 6.09. The number of carbonyl (C=O) groups excluding carboxylic acids is 2. The number of nitrogens with zero attached hydrogens (tertiary/aromatic N) is 1. The van der Waals surface area contributed by atoms with Gasteiger partial charge < -0.3 is 10.1 Å². The third kappa shape index (κ3) is 3.63. The largest absolute Gasteiger partial charge is 0.377 e. The Morgan fingerprint density at radius 2 is 2.00 bits per heavy atom. The van der Waals surface area contributed by atoms with Crippen molar-refractivity contribution in [2.45, 2.75) is 6.04 Å². The first kappa shape index (κ1) is 13.8. The molecule has 0 bridgehead atoms. The fraction of sp³-hybridized carbons (Fsp3) is 0.273. The van der Waals surface area contributed by atoms with Crippen LogP contribution < -0.4 is 5.32 Å². The lowest BCUT2D eigenvalue weighted by atomic mass is 10.2. The Hall–Kier alpha value is -2.28. The molecule has 7 heteroatoms. The maximum Gasteiger partial charge on any atom is 0.349 e. The van der Waals surface area contributed by atoms with Gasteiger partial charge in [-0.2, -0.15) is 0 Å². The zero-order valence-corrected chi connectivity index (χ0v) is 9.66. The molecule has 0 aliphatic heterocycles. The van der Waals surface area contributed by atoms with E-state index in [1.54, 1.807) is 30.3 Å². The van der Waals surface area contributed by atoms with E-state index in [1.165, 1.54) is 7.11 Å². The lowest BCUT2D eigenvalue weighted by Gasteiger charge is -2.08. The van der Waals surface area contributed by atoms with E-state index in [0.717, 1.165) is 0 Å². The minimum atomic E-state index is -1.95. The molecular formula is C11H12N2O5. The summed E-state index contributed by atoms with van der Waals surface area (Å²) in [5.74, 6) is -1.87. The lowest BCUT2D eigenvalue weighted by Crippen LogP contribution is -2.43. The van der Waals surface area contributed by atoms with Crippen molar-refractivity contribution in [1.82, 2.24) is 0 Å². The number of para-hydroxylation sites is 1. The molecule has 0 aliphatic carbocycles. The molecule has 0 saturated heterocycles. The molecule has 0 saturated carbocycles. The normalized spacial score (nSPS) is 11.6. The number of hydrogen-bond acceptors (Lipinski definition) is 5. The Balaban J connectivity index is 2.78. The fourth-order valence-corrected chi connectivity index (χ4v) is 1.31. The molecule has 0 aliphatic rings. The Morgan fingerprint density at radius 3 is 2.50 bits per heavy atom. The van der Waals surface area contributed by atoms with Crippen LogP contribution in [0.4, 0.5) is 5.69 Å². The Bertz CT molecular complexity index is 446. The molecule has 96 valence electrons. The highest BCUT2D eigenvalue weighted by atomic mass is 16.6. The van der Waals surface area contributed by atoms with Crippen LogP contribution in [-0.4, -0.2) is 36.4 Å². The van der Waals surface area contributed by atoms with E-state index in [1.807, 2.05) is 0 Å². The molecule has 1 amide bonds. The van der Waals surface area contributed by atoms with Crippen molar-refractivity contribution in [2.24, 2.45) is 0 Å². The van der Waals surface area contributed by atoms with Crippen molar-refractivity contribution in [3.8, 4) is 0 Å². The van der Waals surface area contributed by atoms with Gasteiger partial charge in [0.2, 0.25) is 5.78 Å². The summed E-state index contributed by atoms with van der Waals surface area (Å²) in [5, 5.41) is 13.0. The minimum Gasteiger partial charge on any atom is -0.377 e. The van der Waals surface area contributed by atoms with Crippen LogP contribution in [0.1, 0.15) is 0 Å². The lowest BCUT2D eigenvalue weighted by molar-refractivity contribution is -0.493. The smallest absolute Gasteiger partial charge is 0.349 e. The van der Waals surface area contributed by atoms with Crippen LogP contribution in [0.15, 0.2) is 30.3 Å². The average molecular weight is 252 g/mol.